The Morgan fingerprint density at radius 1 is 1.11 bits per heavy atom. The smallest absolute Gasteiger partial charge is 0.243 e. The third-order valence-corrected chi connectivity index (χ3v) is 7.38. The molecule has 0 spiro atoms. The van der Waals surface area contributed by atoms with E-state index in [9.17, 15) is 13.2 Å². The van der Waals surface area contributed by atoms with Crippen molar-refractivity contribution in [3.05, 3.63) is 58.6 Å². The van der Waals surface area contributed by atoms with Crippen LogP contribution in [0.3, 0.4) is 0 Å². The van der Waals surface area contributed by atoms with Gasteiger partial charge in [-0.3, -0.25) is 4.79 Å². The first kappa shape index (κ1) is 20.8. The van der Waals surface area contributed by atoms with E-state index in [2.05, 4.69) is 0 Å². The van der Waals surface area contributed by atoms with Crippen LogP contribution in [0.5, 0.6) is 0 Å². The summed E-state index contributed by atoms with van der Waals surface area (Å²) in [6.45, 7) is 5.16. The molecular formula is C21H25ClN2O3S. The molecule has 28 heavy (non-hydrogen) atoms. The SMILES string of the molecule is CCN(CC)S(=O)(=O)c1ccc2c(c1)CCCN2C(=O)Cc1ccc(Cl)cc1. The molecule has 0 unspecified atom stereocenters. The van der Waals surface area contributed by atoms with Crippen molar-refractivity contribution in [2.24, 2.45) is 0 Å². The summed E-state index contributed by atoms with van der Waals surface area (Å²) < 4.78 is 27.0. The number of amides is 1. The van der Waals surface area contributed by atoms with E-state index in [0.29, 0.717) is 29.6 Å². The van der Waals surface area contributed by atoms with Crippen LogP contribution in [0.25, 0.3) is 0 Å². The third kappa shape index (κ3) is 4.24. The van der Waals surface area contributed by atoms with E-state index in [-0.39, 0.29) is 12.3 Å². The summed E-state index contributed by atoms with van der Waals surface area (Å²) in [7, 11) is -3.51. The minimum atomic E-state index is -3.51. The lowest BCUT2D eigenvalue weighted by Gasteiger charge is -2.30. The van der Waals surface area contributed by atoms with Crippen molar-refractivity contribution in [2.75, 3.05) is 24.5 Å². The molecule has 0 aromatic heterocycles. The Balaban J connectivity index is 1.86. The van der Waals surface area contributed by atoms with Gasteiger partial charge in [0.2, 0.25) is 15.9 Å². The molecule has 0 aliphatic carbocycles. The number of aryl methyl sites for hydroxylation is 1. The third-order valence-electron chi connectivity index (χ3n) is 5.08. The Hall–Kier alpha value is -1.89. The highest BCUT2D eigenvalue weighted by molar-refractivity contribution is 7.89. The topological polar surface area (TPSA) is 57.7 Å². The first-order chi connectivity index (χ1) is 13.4. The summed E-state index contributed by atoms with van der Waals surface area (Å²) >= 11 is 5.91. The maximum Gasteiger partial charge on any atom is 0.243 e. The Kier molecular flexibility index (Phi) is 6.43. The molecule has 0 radical (unpaired) electrons. The number of nitrogens with zero attached hydrogens (tertiary/aromatic N) is 2. The first-order valence-corrected chi connectivity index (χ1v) is 11.4. The summed E-state index contributed by atoms with van der Waals surface area (Å²) in [5.74, 6) is 0.00243. The minimum absolute atomic E-state index is 0.00243. The normalized spacial score (nSPS) is 14.2. The molecule has 5 nitrogen and oxygen atoms in total. The molecule has 1 aliphatic heterocycles. The van der Waals surface area contributed by atoms with Crippen LogP contribution in [0, 0.1) is 0 Å². The highest BCUT2D eigenvalue weighted by Crippen LogP contribution is 2.31. The van der Waals surface area contributed by atoms with Crippen LogP contribution in [0.1, 0.15) is 31.4 Å². The van der Waals surface area contributed by atoms with Crippen LogP contribution < -0.4 is 4.90 Å². The standard InChI is InChI=1S/C21H25ClN2O3S/c1-3-23(4-2)28(26,27)19-11-12-20-17(15-19)6-5-13-24(20)21(25)14-16-7-9-18(22)10-8-16/h7-12,15H,3-6,13-14H2,1-2H3. The number of sulfonamides is 1. The van der Waals surface area contributed by atoms with Crippen molar-refractivity contribution >= 4 is 33.2 Å². The molecule has 0 fully saturated rings. The number of fused-ring (bicyclic) bond motifs is 1. The summed E-state index contributed by atoms with van der Waals surface area (Å²) in [6, 6.07) is 12.4. The van der Waals surface area contributed by atoms with Gasteiger partial charge in [-0.2, -0.15) is 4.31 Å². The number of halogens is 1. The molecule has 7 heteroatoms. The zero-order valence-corrected chi connectivity index (χ0v) is 17.8. The molecule has 150 valence electrons. The second-order valence-electron chi connectivity index (χ2n) is 6.83. The van der Waals surface area contributed by atoms with E-state index < -0.39 is 10.0 Å². The van der Waals surface area contributed by atoms with Crippen molar-refractivity contribution in [3.8, 4) is 0 Å². The Morgan fingerprint density at radius 3 is 2.43 bits per heavy atom. The maximum absolute atomic E-state index is 12.9. The van der Waals surface area contributed by atoms with Crippen LogP contribution in [0.2, 0.25) is 5.02 Å². The molecule has 1 heterocycles. The fourth-order valence-electron chi connectivity index (χ4n) is 3.58. The predicted octanol–water partition coefficient (Wildman–Crippen LogP) is 3.89. The van der Waals surface area contributed by atoms with E-state index in [4.69, 9.17) is 11.6 Å². The van der Waals surface area contributed by atoms with Gasteiger partial charge >= 0.3 is 0 Å². The molecule has 0 saturated heterocycles. The molecule has 0 saturated carbocycles. The van der Waals surface area contributed by atoms with E-state index in [0.717, 1.165) is 29.7 Å². The molecule has 1 aliphatic rings. The van der Waals surface area contributed by atoms with Crippen molar-refractivity contribution in [3.63, 3.8) is 0 Å². The van der Waals surface area contributed by atoms with Crippen LogP contribution in [0.15, 0.2) is 47.4 Å². The molecular weight excluding hydrogens is 396 g/mol. The number of benzene rings is 2. The van der Waals surface area contributed by atoms with Gasteiger partial charge < -0.3 is 4.90 Å². The summed E-state index contributed by atoms with van der Waals surface area (Å²) in [5, 5.41) is 0.640. The molecule has 0 bridgehead atoms. The number of hydrogen-bond donors (Lipinski definition) is 0. The number of anilines is 1. The first-order valence-electron chi connectivity index (χ1n) is 9.54. The monoisotopic (exact) mass is 420 g/mol. The Labute approximate surface area is 172 Å². The lowest BCUT2D eigenvalue weighted by atomic mass is 10.0. The van der Waals surface area contributed by atoms with Crippen molar-refractivity contribution in [1.29, 1.82) is 0 Å². The quantitative estimate of drug-likeness (QED) is 0.712. The van der Waals surface area contributed by atoms with E-state index >= 15 is 0 Å². The van der Waals surface area contributed by atoms with Gasteiger partial charge in [0.25, 0.3) is 0 Å². The molecule has 0 atom stereocenters. The lowest BCUT2D eigenvalue weighted by molar-refractivity contribution is -0.118. The fourth-order valence-corrected chi connectivity index (χ4v) is 5.21. The highest BCUT2D eigenvalue weighted by atomic mass is 35.5. The van der Waals surface area contributed by atoms with Gasteiger partial charge in [0.15, 0.2) is 0 Å². The van der Waals surface area contributed by atoms with Gasteiger partial charge in [0.05, 0.1) is 11.3 Å². The number of carbonyl (C=O) groups excluding carboxylic acids is 1. The van der Waals surface area contributed by atoms with Crippen LogP contribution in [0.4, 0.5) is 5.69 Å². The van der Waals surface area contributed by atoms with Gasteiger partial charge in [-0.05, 0) is 54.3 Å². The number of carbonyl (C=O) groups is 1. The Morgan fingerprint density at radius 2 is 1.79 bits per heavy atom. The Bertz CT molecular complexity index is 954. The average Bonchev–Trinajstić information content (AvgIpc) is 2.69. The molecule has 3 rings (SSSR count). The zero-order chi connectivity index (χ0) is 20.3. The molecule has 2 aromatic carbocycles. The van der Waals surface area contributed by atoms with Gasteiger partial charge in [-0.1, -0.05) is 37.6 Å². The second kappa shape index (κ2) is 8.64. The molecule has 1 amide bonds. The van der Waals surface area contributed by atoms with Gasteiger partial charge in [0.1, 0.15) is 0 Å². The average molecular weight is 421 g/mol. The zero-order valence-electron chi connectivity index (χ0n) is 16.2. The van der Waals surface area contributed by atoms with Gasteiger partial charge in [-0.15, -0.1) is 0 Å². The van der Waals surface area contributed by atoms with Crippen molar-refractivity contribution in [1.82, 2.24) is 4.31 Å². The van der Waals surface area contributed by atoms with Crippen molar-refractivity contribution in [2.45, 2.75) is 38.0 Å². The van der Waals surface area contributed by atoms with E-state index in [1.807, 2.05) is 26.0 Å². The number of rotatable bonds is 6. The summed E-state index contributed by atoms with van der Waals surface area (Å²) in [5.41, 5.74) is 2.62. The lowest BCUT2D eigenvalue weighted by Crippen LogP contribution is -2.37. The molecule has 2 aromatic rings. The number of hydrogen-bond acceptors (Lipinski definition) is 3. The largest absolute Gasteiger partial charge is 0.312 e. The van der Waals surface area contributed by atoms with Crippen LogP contribution in [-0.4, -0.2) is 38.3 Å². The van der Waals surface area contributed by atoms with E-state index in [1.54, 1.807) is 35.2 Å². The second-order valence-corrected chi connectivity index (χ2v) is 9.21. The van der Waals surface area contributed by atoms with Gasteiger partial charge in [0, 0.05) is 30.3 Å². The van der Waals surface area contributed by atoms with Crippen LogP contribution in [-0.2, 0) is 27.7 Å². The van der Waals surface area contributed by atoms with E-state index in [1.165, 1.54) is 4.31 Å². The minimum Gasteiger partial charge on any atom is -0.312 e. The predicted molar refractivity (Wildman–Crippen MR) is 112 cm³/mol. The van der Waals surface area contributed by atoms with Gasteiger partial charge in [-0.25, -0.2) is 8.42 Å². The summed E-state index contributed by atoms with van der Waals surface area (Å²) in [6.07, 6.45) is 1.87. The molecule has 0 N–H and O–H groups in total. The maximum atomic E-state index is 12.9. The highest BCUT2D eigenvalue weighted by Gasteiger charge is 2.27. The summed E-state index contributed by atoms with van der Waals surface area (Å²) in [4.78, 5) is 14.9. The van der Waals surface area contributed by atoms with Crippen molar-refractivity contribution < 1.29 is 13.2 Å². The van der Waals surface area contributed by atoms with Crippen LogP contribution >= 0.6 is 11.6 Å². The fraction of sp³-hybridized carbons (Fsp3) is 0.381.